The Bertz CT molecular complexity index is 749. The van der Waals surface area contributed by atoms with E-state index in [0.29, 0.717) is 30.3 Å². The number of rotatable bonds is 6. The number of benzene rings is 1. The number of carbonyl (C=O) groups is 1. The number of nitrogens with zero attached hydrogens (tertiary/aromatic N) is 1. The molecule has 0 atom stereocenters. The van der Waals surface area contributed by atoms with Crippen molar-refractivity contribution in [2.24, 2.45) is 11.7 Å². The van der Waals surface area contributed by atoms with Crippen LogP contribution in [0.1, 0.15) is 53.6 Å². The summed E-state index contributed by atoms with van der Waals surface area (Å²) in [5, 5.41) is 0. The van der Waals surface area contributed by atoms with Crippen molar-refractivity contribution >= 4 is 5.97 Å². The SMILES string of the molecule is CCOC(=O)c1c(C)nc(CC(C)C)c(CN)c1-c1ccc(C)cc1. The Morgan fingerprint density at radius 1 is 1.20 bits per heavy atom. The lowest BCUT2D eigenvalue weighted by molar-refractivity contribution is 0.0525. The Morgan fingerprint density at radius 2 is 1.84 bits per heavy atom. The number of aryl methyl sites for hydroxylation is 2. The quantitative estimate of drug-likeness (QED) is 0.800. The van der Waals surface area contributed by atoms with Crippen molar-refractivity contribution in [2.45, 2.75) is 47.6 Å². The fourth-order valence-corrected chi connectivity index (χ4v) is 3.07. The molecule has 2 N–H and O–H groups in total. The Hall–Kier alpha value is -2.20. The van der Waals surface area contributed by atoms with E-state index in [-0.39, 0.29) is 5.97 Å². The maximum absolute atomic E-state index is 12.6. The second-order valence-electron chi connectivity index (χ2n) is 6.76. The van der Waals surface area contributed by atoms with Crippen LogP contribution in [-0.4, -0.2) is 17.6 Å². The zero-order chi connectivity index (χ0) is 18.6. The van der Waals surface area contributed by atoms with Crippen LogP contribution in [0.15, 0.2) is 24.3 Å². The van der Waals surface area contributed by atoms with Crippen LogP contribution in [0.4, 0.5) is 0 Å². The summed E-state index contributed by atoms with van der Waals surface area (Å²) in [6.45, 7) is 10.7. The van der Waals surface area contributed by atoms with E-state index in [2.05, 4.69) is 13.8 Å². The molecule has 0 saturated carbocycles. The van der Waals surface area contributed by atoms with Crippen LogP contribution in [0, 0.1) is 19.8 Å². The van der Waals surface area contributed by atoms with Gasteiger partial charge in [0, 0.05) is 17.8 Å². The van der Waals surface area contributed by atoms with Crippen LogP contribution in [0.5, 0.6) is 0 Å². The largest absolute Gasteiger partial charge is 0.462 e. The Balaban J connectivity index is 2.78. The summed E-state index contributed by atoms with van der Waals surface area (Å²) >= 11 is 0. The molecule has 0 saturated heterocycles. The van der Waals surface area contributed by atoms with Crippen molar-refractivity contribution in [3.8, 4) is 11.1 Å². The highest BCUT2D eigenvalue weighted by atomic mass is 16.5. The number of ether oxygens (including phenoxy) is 1. The van der Waals surface area contributed by atoms with Gasteiger partial charge in [0.25, 0.3) is 0 Å². The highest BCUT2D eigenvalue weighted by Gasteiger charge is 2.24. The fraction of sp³-hybridized carbons (Fsp3) is 0.429. The van der Waals surface area contributed by atoms with Gasteiger partial charge >= 0.3 is 5.97 Å². The molecule has 134 valence electrons. The maximum atomic E-state index is 12.6. The number of pyridine rings is 1. The van der Waals surface area contributed by atoms with Gasteiger partial charge in [-0.05, 0) is 44.2 Å². The minimum atomic E-state index is -0.339. The number of aromatic nitrogens is 1. The van der Waals surface area contributed by atoms with E-state index >= 15 is 0 Å². The number of nitrogens with two attached hydrogens (primary N) is 1. The van der Waals surface area contributed by atoms with Crippen LogP contribution in [0.2, 0.25) is 0 Å². The van der Waals surface area contributed by atoms with Gasteiger partial charge in [-0.1, -0.05) is 43.7 Å². The van der Waals surface area contributed by atoms with E-state index in [4.69, 9.17) is 15.5 Å². The minimum absolute atomic E-state index is 0.331. The molecule has 0 bridgehead atoms. The molecule has 0 amide bonds. The van der Waals surface area contributed by atoms with Crippen LogP contribution >= 0.6 is 0 Å². The number of hydrogen-bond acceptors (Lipinski definition) is 4. The molecule has 25 heavy (non-hydrogen) atoms. The van der Waals surface area contributed by atoms with Gasteiger partial charge in [0.05, 0.1) is 17.9 Å². The van der Waals surface area contributed by atoms with E-state index in [0.717, 1.165) is 28.8 Å². The van der Waals surface area contributed by atoms with Gasteiger partial charge in [0.2, 0.25) is 0 Å². The van der Waals surface area contributed by atoms with Crippen molar-refractivity contribution in [2.75, 3.05) is 6.61 Å². The standard InChI is InChI=1S/C21H28N2O2/c1-6-25-21(24)19-15(5)23-18(11-13(2)3)17(12-22)20(19)16-9-7-14(4)8-10-16/h7-10,13H,6,11-12,22H2,1-5H3. The molecule has 0 unspecified atom stereocenters. The average molecular weight is 340 g/mol. The number of carbonyl (C=O) groups excluding carboxylic acids is 1. The molecule has 0 radical (unpaired) electrons. The molecule has 0 spiro atoms. The van der Waals surface area contributed by atoms with Crippen molar-refractivity contribution in [1.29, 1.82) is 0 Å². The Labute approximate surface area is 150 Å². The van der Waals surface area contributed by atoms with E-state index < -0.39 is 0 Å². The molecule has 4 heteroatoms. The molecule has 0 aliphatic carbocycles. The lowest BCUT2D eigenvalue weighted by Gasteiger charge is -2.20. The van der Waals surface area contributed by atoms with Crippen LogP contribution in [0.25, 0.3) is 11.1 Å². The second kappa shape index (κ2) is 8.26. The normalized spacial score (nSPS) is 11.0. The molecule has 1 aromatic heterocycles. The summed E-state index contributed by atoms with van der Waals surface area (Å²) in [5.74, 6) is 0.116. The lowest BCUT2D eigenvalue weighted by Crippen LogP contribution is -2.17. The Kier molecular flexibility index (Phi) is 6.32. The van der Waals surface area contributed by atoms with Gasteiger partial charge in [-0.25, -0.2) is 4.79 Å². The van der Waals surface area contributed by atoms with Gasteiger partial charge in [-0.2, -0.15) is 0 Å². The third-order valence-corrected chi connectivity index (χ3v) is 4.19. The van der Waals surface area contributed by atoms with Crippen LogP contribution in [0.3, 0.4) is 0 Å². The van der Waals surface area contributed by atoms with Crippen LogP contribution < -0.4 is 5.73 Å². The zero-order valence-electron chi connectivity index (χ0n) is 15.8. The average Bonchev–Trinajstić information content (AvgIpc) is 2.54. The Morgan fingerprint density at radius 3 is 2.36 bits per heavy atom. The summed E-state index contributed by atoms with van der Waals surface area (Å²) in [5.41, 5.74) is 12.2. The first-order chi connectivity index (χ1) is 11.9. The fourth-order valence-electron chi connectivity index (χ4n) is 3.07. The van der Waals surface area contributed by atoms with Gasteiger partial charge in [-0.3, -0.25) is 4.98 Å². The molecule has 2 aromatic rings. The molecule has 2 rings (SSSR count). The van der Waals surface area contributed by atoms with Gasteiger partial charge in [0.1, 0.15) is 0 Å². The molecule has 4 nitrogen and oxygen atoms in total. The van der Waals surface area contributed by atoms with Gasteiger partial charge in [0.15, 0.2) is 0 Å². The third-order valence-electron chi connectivity index (χ3n) is 4.19. The lowest BCUT2D eigenvalue weighted by atomic mass is 9.90. The molecular weight excluding hydrogens is 312 g/mol. The number of hydrogen-bond donors (Lipinski definition) is 1. The maximum Gasteiger partial charge on any atom is 0.340 e. The van der Waals surface area contributed by atoms with Gasteiger partial charge in [-0.15, -0.1) is 0 Å². The van der Waals surface area contributed by atoms with Crippen LogP contribution in [-0.2, 0) is 17.7 Å². The summed E-state index contributed by atoms with van der Waals surface area (Å²) in [4.78, 5) is 17.3. The number of esters is 1. The first kappa shape index (κ1) is 19.1. The smallest absolute Gasteiger partial charge is 0.340 e. The molecule has 0 fully saturated rings. The van der Waals surface area contributed by atoms with Crippen molar-refractivity contribution in [1.82, 2.24) is 4.98 Å². The molecule has 0 aliphatic heterocycles. The van der Waals surface area contributed by atoms with E-state index in [1.807, 2.05) is 45.0 Å². The van der Waals surface area contributed by atoms with Crippen molar-refractivity contribution < 1.29 is 9.53 Å². The predicted octanol–water partition coefficient (Wildman–Crippen LogP) is 4.20. The predicted molar refractivity (Wildman–Crippen MR) is 102 cm³/mol. The molecule has 1 heterocycles. The molecule has 1 aromatic carbocycles. The van der Waals surface area contributed by atoms with E-state index in [1.54, 1.807) is 0 Å². The van der Waals surface area contributed by atoms with Crippen molar-refractivity contribution in [3.05, 3.63) is 52.3 Å². The van der Waals surface area contributed by atoms with E-state index in [1.165, 1.54) is 5.56 Å². The summed E-state index contributed by atoms with van der Waals surface area (Å²) in [6.07, 6.45) is 0.829. The second-order valence-corrected chi connectivity index (χ2v) is 6.76. The topological polar surface area (TPSA) is 65.2 Å². The summed E-state index contributed by atoms with van der Waals surface area (Å²) in [6, 6.07) is 8.15. The molecular formula is C21H28N2O2. The minimum Gasteiger partial charge on any atom is -0.462 e. The zero-order valence-corrected chi connectivity index (χ0v) is 15.8. The summed E-state index contributed by atoms with van der Waals surface area (Å²) in [7, 11) is 0. The monoisotopic (exact) mass is 340 g/mol. The highest BCUT2D eigenvalue weighted by molar-refractivity contribution is 5.99. The summed E-state index contributed by atoms with van der Waals surface area (Å²) < 4.78 is 5.30. The first-order valence-corrected chi connectivity index (χ1v) is 8.85. The molecule has 0 aliphatic rings. The first-order valence-electron chi connectivity index (χ1n) is 8.85. The van der Waals surface area contributed by atoms with E-state index in [9.17, 15) is 4.79 Å². The van der Waals surface area contributed by atoms with Crippen molar-refractivity contribution in [3.63, 3.8) is 0 Å². The van der Waals surface area contributed by atoms with Gasteiger partial charge < -0.3 is 10.5 Å². The third kappa shape index (κ3) is 4.26. The highest BCUT2D eigenvalue weighted by Crippen LogP contribution is 2.33.